The van der Waals surface area contributed by atoms with Crippen LogP contribution in [0, 0.1) is 11.7 Å². The van der Waals surface area contributed by atoms with Gasteiger partial charge >= 0.3 is 0 Å². The maximum absolute atomic E-state index is 14.0. The van der Waals surface area contributed by atoms with Gasteiger partial charge in [-0.2, -0.15) is 0 Å². The summed E-state index contributed by atoms with van der Waals surface area (Å²) in [7, 11) is 0. The van der Waals surface area contributed by atoms with E-state index in [2.05, 4.69) is 0 Å². The van der Waals surface area contributed by atoms with Crippen LogP contribution in [0.1, 0.15) is 32.1 Å². The zero-order valence-electron chi connectivity index (χ0n) is 14.0. The van der Waals surface area contributed by atoms with Gasteiger partial charge in [-0.3, -0.25) is 14.4 Å². The summed E-state index contributed by atoms with van der Waals surface area (Å²) in [6.45, 7) is -0.00549. The van der Waals surface area contributed by atoms with Crippen LogP contribution < -0.4 is 10.6 Å². The lowest BCUT2D eigenvalue weighted by Gasteiger charge is -2.30. The normalized spacial score (nSPS) is 20.9. The molecule has 2 N–H and O–H groups in total. The Morgan fingerprint density at radius 3 is 2.56 bits per heavy atom. The van der Waals surface area contributed by atoms with Gasteiger partial charge in [0.15, 0.2) is 0 Å². The summed E-state index contributed by atoms with van der Waals surface area (Å²) in [5.74, 6) is -2.15. The average molecular weight is 347 g/mol. The fourth-order valence-electron chi connectivity index (χ4n) is 3.78. The van der Waals surface area contributed by atoms with Crippen molar-refractivity contribution in [2.45, 2.75) is 38.1 Å². The number of hydrogen-bond donors (Lipinski definition) is 1. The summed E-state index contributed by atoms with van der Waals surface area (Å²) >= 11 is 0. The second-order valence-electron chi connectivity index (χ2n) is 6.73. The Hall–Kier alpha value is -2.44. The van der Waals surface area contributed by atoms with Crippen LogP contribution in [0.5, 0.6) is 0 Å². The molecule has 3 amide bonds. The Morgan fingerprint density at radius 1 is 1.24 bits per heavy atom. The number of nitrogens with zero attached hydrogens (tertiary/aromatic N) is 2. The van der Waals surface area contributed by atoms with Crippen molar-refractivity contribution in [3.63, 3.8) is 0 Å². The predicted molar refractivity (Wildman–Crippen MR) is 90.0 cm³/mol. The molecule has 25 heavy (non-hydrogen) atoms. The molecule has 7 heteroatoms. The molecule has 1 saturated carbocycles. The van der Waals surface area contributed by atoms with Crippen molar-refractivity contribution in [1.82, 2.24) is 4.90 Å². The van der Waals surface area contributed by atoms with Gasteiger partial charge in [0.25, 0.3) is 0 Å². The highest BCUT2D eigenvalue weighted by Gasteiger charge is 2.40. The number of benzene rings is 1. The van der Waals surface area contributed by atoms with Crippen LogP contribution in [0.15, 0.2) is 24.3 Å². The highest BCUT2D eigenvalue weighted by Crippen LogP contribution is 2.30. The summed E-state index contributed by atoms with van der Waals surface area (Å²) in [5.41, 5.74) is 5.49. The van der Waals surface area contributed by atoms with Gasteiger partial charge in [0.05, 0.1) is 18.2 Å². The molecule has 0 bridgehead atoms. The first kappa shape index (κ1) is 17.4. The third-order valence-corrected chi connectivity index (χ3v) is 4.99. The van der Waals surface area contributed by atoms with Crippen molar-refractivity contribution in [1.29, 1.82) is 0 Å². The predicted octanol–water partition coefficient (Wildman–Crippen LogP) is 1.44. The highest BCUT2D eigenvalue weighted by atomic mass is 19.1. The number of anilines is 1. The Morgan fingerprint density at radius 2 is 1.92 bits per heavy atom. The van der Waals surface area contributed by atoms with Gasteiger partial charge in [0, 0.05) is 19.0 Å². The smallest absolute Gasteiger partial charge is 0.237 e. The molecule has 1 heterocycles. The minimum Gasteiger partial charge on any atom is -0.368 e. The van der Waals surface area contributed by atoms with E-state index in [-0.39, 0.29) is 43.1 Å². The lowest BCUT2D eigenvalue weighted by Crippen LogP contribution is -2.47. The molecular weight excluding hydrogens is 325 g/mol. The molecule has 2 fully saturated rings. The van der Waals surface area contributed by atoms with E-state index in [1.165, 1.54) is 21.9 Å². The molecule has 0 aromatic heterocycles. The van der Waals surface area contributed by atoms with Gasteiger partial charge < -0.3 is 15.5 Å². The van der Waals surface area contributed by atoms with Crippen molar-refractivity contribution < 1.29 is 18.8 Å². The van der Waals surface area contributed by atoms with Crippen LogP contribution >= 0.6 is 0 Å². The lowest BCUT2D eigenvalue weighted by atomic mass is 10.0. The van der Waals surface area contributed by atoms with E-state index in [9.17, 15) is 18.8 Å². The van der Waals surface area contributed by atoms with Crippen LogP contribution in [-0.2, 0) is 14.4 Å². The first-order chi connectivity index (χ1) is 12.0. The summed E-state index contributed by atoms with van der Waals surface area (Å²) < 4.78 is 14.0. The molecule has 134 valence electrons. The third kappa shape index (κ3) is 3.65. The minimum atomic E-state index is -0.577. The maximum atomic E-state index is 14.0. The molecule has 3 rings (SSSR count). The molecule has 1 atom stereocenters. The van der Waals surface area contributed by atoms with Gasteiger partial charge in [-0.15, -0.1) is 0 Å². The standard InChI is InChI=1S/C18H22FN3O3/c19-14-7-3-4-8-15(14)22-10-12(9-17(22)24)18(25)21(11-16(20)23)13-5-1-2-6-13/h3-4,7-8,12-13H,1-2,5-6,9-11H2,(H2,20,23)/t12-/m0/s1. The van der Waals surface area contributed by atoms with E-state index in [0.717, 1.165) is 25.7 Å². The fraction of sp³-hybridized carbons (Fsp3) is 0.500. The van der Waals surface area contributed by atoms with Crippen molar-refractivity contribution in [3.05, 3.63) is 30.1 Å². The van der Waals surface area contributed by atoms with E-state index in [0.29, 0.717) is 0 Å². The van der Waals surface area contributed by atoms with Crippen molar-refractivity contribution in [3.8, 4) is 0 Å². The van der Waals surface area contributed by atoms with Crippen molar-refractivity contribution in [2.24, 2.45) is 11.7 Å². The summed E-state index contributed by atoms with van der Waals surface area (Å²) in [6.07, 6.45) is 3.74. The van der Waals surface area contributed by atoms with Gasteiger partial charge in [-0.25, -0.2) is 4.39 Å². The van der Waals surface area contributed by atoms with E-state index in [4.69, 9.17) is 5.73 Å². The third-order valence-electron chi connectivity index (χ3n) is 4.99. The number of hydrogen-bond acceptors (Lipinski definition) is 3. The number of carbonyl (C=O) groups is 3. The summed E-state index contributed by atoms with van der Waals surface area (Å²) in [6, 6.07) is 6.02. The van der Waals surface area contributed by atoms with Gasteiger partial charge in [-0.1, -0.05) is 25.0 Å². The first-order valence-corrected chi connectivity index (χ1v) is 8.61. The summed E-state index contributed by atoms with van der Waals surface area (Å²) in [4.78, 5) is 39.4. The topological polar surface area (TPSA) is 83.7 Å². The zero-order valence-corrected chi connectivity index (χ0v) is 14.0. The van der Waals surface area contributed by atoms with Crippen LogP contribution in [-0.4, -0.2) is 41.8 Å². The maximum Gasteiger partial charge on any atom is 0.237 e. The number of primary amides is 1. The quantitative estimate of drug-likeness (QED) is 0.875. The molecular formula is C18H22FN3O3. The van der Waals surface area contributed by atoms with Crippen molar-refractivity contribution >= 4 is 23.4 Å². The number of carbonyl (C=O) groups excluding carboxylic acids is 3. The molecule has 1 saturated heterocycles. The Balaban J connectivity index is 1.76. The first-order valence-electron chi connectivity index (χ1n) is 8.61. The highest BCUT2D eigenvalue weighted by molar-refractivity contribution is 6.00. The molecule has 1 aromatic carbocycles. The van der Waals surface area contributed by atoms with Gasteiger partial charge in [0.2, 0.25) is 17.7 Å². The van der Waals surface area contributed by atoms with Crippen molar-refractivity contribution in [2.75, 3.05) is 18.0 Å². The number of amides is 3. The second kappa shape index (κ2) is 7.21. The second-order valence-corrected chi connectivity index (χ2v) is 6.73. The van der Waals surface area contributed by atoms with Crippen LogP contribution in [0.4, 0.5) is 10.1 Å². The molecule has 0 radical (unpaired) electrons. The molecule has 1 aromatic rings. The lowest BCUT2D eigenvalue weighted by molar-refractivity contribution is -0.141. The van der Waals surface area contributed by atoms with Crippen LogP contribution in [0.25, 0.3) is 0 Å². The Kier molecular flexibility index (Phi) is 5.01. The largest absolute Gasteiger partial charge is 0.368 e. The number of nitrogens with two attached hydrogens (primary N) is 1. The van der Waals surface area contributed by atoms with E-state index in [1.807, 2.05) is 0 Å². The Bertz CT molecular complexity index is 688. The number of para-hydroxylation sites is 1. The Labute approximate surface area is 145 Å². The van der Waals surface area contributed by atoms with Gasteiger partial charge in [0.1, 0.15) is 5.82 Å². The summed E-state index contributed by atoms with van der Waals surface area (Å²) in [5, 5.41) is 0. The van der Waals surface area contributed by atoms with Crippen LogP contribution in [0.3, 0.4) is 0 Å². The van der Waals surface area contributed by atoms with Gasteiger partial charge in [-0.05, 0) is 25.0 Å². The minimum absolute atomic E-state index is 0.00221. The van der Waals surface area contributed by atoms with E-state index < -0.39 is 17.6 Å². The molecule has 0 unspecified atom stereocenters. The monoisotopic (exact) mass is 347 g/mol. The SMILES string of the molecule is NC(=O)CN(C(=O)[C@H]1CC(=O)N(c2ccccc2F)C1)C1CCCC1. The molecule has 6 nitrogen and oxygen atoms in total. The molecule has 0 spiro atoms. The average Bonchev–Trinajstić information content (AvgIpc) is 3.22. The zero-order chi connectivity index (χ0) is 18.0. The number of rotatable bonds is 5. The van der Waals surface area contributed by atoms with E-state index in [1.54, 1.807) is 12.1 Å². The molecule has 1 aliphatic carbocycles. The molecule has 1 aliphatic heterocycles. The fourth-order valence-corrected chi connectivity index (χ4v) is 3.78. The number of halogens is 1. The molecule has 2 aliphatic rings. The van der Waals surface area contributed by atoms with Crippen LogP contribution in [0.2, 0.25) is 0 Å². The van der Waals surface area contributed by atoms with E-state index >= 15 is 0 Å².